The zero-order valence-electron chi connectivity index (χ0n) is 10.1. The van der Waals surface area contributed by atoms with Gasteiger partial charge in [-0.2, -0.15) is 5.10 Å². The van der Waals surface area contributed by atoms with E-state index in [9.17, 15) is 0 Å². The predicted molar refractivity (Wildman–Crippen MR) is 76.1 cm³/mol. The van der Waals surface area contributed by atoms with Crippen molar-refractivity contribution >= 4 is 27.5 Å². The minimum absolute atomic E-state index is 0.508. The van der Waals surface area contributed by atoms with Crippen LogP contribution in [0.5, 0.6) is 5.75 Å². The van der Waals surface area contributed by atoms with Gasteiger partial charge in [0, 0.05) is 31.2 Å². The maximum Gasteiger partial charge on any atom is 0.133 e. The maximum atomic E-state index is 5.77. The lowest BCUT2D eigenvalue weighted by molar-refractivity contribution is 0.316. The van der Waals surface area contributed by atoms with Gasteiger partial charge in [0.1, 0.15) is 5.75 Å². The monoisotopic (exact) mass is 328 g/mol. The number of ether oxygens (including phenoxy) is 1. The van der Waals surface area contributed by atoms with Crippen molar-refractivity contribution in [1.82, 2.24) is 9.78 Å². The molecule has 0 spiro atoms. The molecule has 1 aromatic heterocycles. The minimum atomic E-state index is 0.508. The van der Waals surface area contributed by atoms with Crippen molar-refractivity contribution in [1.29, 1.82) is 0 Å². The molecule has 18 heavy (non-hydrogen) atoms. The molecular formula is C13H14BrClN2O. The Bertz CT molecular complexity index is 527. The molecule has 0 aliphatic heterocycles. The number of aryl methyl sites for hydroxylation is 1. The van der Waals surface area contributed by atoms with Crippen molar-refractivity contribution in [3.8, 4) is 5.75 Å². The number of hydrogen-bond acceptors (Lipinski definition) is 2. The van der Waals surface area contributed by atoms with Crippen LogP contribution in [0.1, 0.15) is 11.3 Å². The summed E-state index contributed by atoms with van der Waals surface area (Å²) in [5.74, 6) is 1.35. The molecule has 5 heteroatoms. The maximum absolute atomic E-state index is 5.77. The molecule has 0 radical (unpaired) electrons. The molecule has 0 N–H and O–H groups in total. The highest BCUT2D eigenvalue weighted by atomic mass is 79.9. The molecule has 0 amide bonds. The number of halogens is 2. The van der Waals surface area contributed by atoms with Gasteiger partial charge in [-0.15, -0.1) is 11.6 Å². The normalized spacial score (nSPS) is 10.6. The van der Waals surface area contributed by atoms with Crippen LogP contribution in [0.15, 0.2) is 34.9 Å². The van der Waals surface area contributed by atoms with Gasteiger partial charge in [0.25, 0.3) is 0 Å². The molecule has 0 saturated heterocycles. The minimum Gasteiger partial charge on any atom is -0.492 e. The second-order valence-electron chi connectivity index (χ2n) is 3.94. The Kier molecular flexibility index (Phi) is 4.66. The Morgan fingerprint density at radius 3 is 2.83 bits per heavy atom. The smallest absolute Gasteiger partial charge is 0.133 e. The standard InChI is InChI=1S/C13H14BrClN2O/c1-17-11(4-6-16-17)5-7-18-13-3-2-10(9-15)8-12(13)14/h2-4,6,8H,5,7,9H2,1H3. The Hall–Kier alpha value is -1.000. The van der Waals surface area contributed by atoms with E-state index in [2.05, 4.69) is 21.0 Å². The van der Waals surface area contributed by atoms with E-state index in [0.717, 1.165) is 27.9 Å². The SMILES string of the molecule is Cn1nccc1CCOc1ccc(CCl)cc1Br. The highest BCUT2D eigenvalue weighted by molar-refractivity contribution is 9.10. The van der Waals surface area contributed by atoms with Crippen LogP contribution in [0.2, 0.25) is 0 Å². The third-order valence-corrected chi connectivity index (χ3v) is 3.62. The molecule has 3 nitrogen and oxygen atoms in total. The van der Waals surface area contributed by atoms with Crippen LogP contribution in [0.3, 0.4) is 0 Å². The molecule has 0 unspecified atom stereocenters. The summed E-state index contributed by atoms with van der Waals surface area (Å²) in [7, 11) is 1.93. The van der Waals surface area contributed by atoms with E-state index in [1.54, 1.807) is 6.20 Å². The lowest BCUT2D eigenvalue weighted by Crippen LogP contribution is -2.06. The largest absolute Gasteiger partial charge is 0.492 e. The number of benzene rings is 1. The van der Waals surface area contributed by atoms with Gasteiger partial charge in [0.2, 0.25) is 0 Å². The van der Waals surface area contributed by atoms with Crippen LogP contribution < -0.4 is 4.74 Å². The number of hydrogen-bond donors (Lipinski definition) is 0. The van der Waals surface area contributed by atoms with Gasteiger partial charge < -0.3 is 4.74 Å². The number of aromatic nitrogens is 2. The van der Waals surface area contributed by atoms with Gasteiger partial charge in [0.05, 0.1) is 11.1 Å². The van der Waals surface area contributed by atoms with E-state index < -0.39 is 0 Å². The van der Waals surface area contributed by atoms with Gasteiger partial charge in [-0.05, 0) is 39.7 Å². The van der Waals surface area contributed by atoms with E-state index in [4.69, 9.17) is 16.3 Å². The first-order valence-electron chi connectivity index (χ1n) is 5.65. The molecule has 1 aromatic carbocycles. The van der Waals surface area contributed by atoms with E-state index >= 15 is 0 Å². The fourth-order valence-corrected chi connectivity index (χ4v) is 2.36. The molecule has 2 rings (SSSR count). The van der Waals surface area contributed by atoms with Crippen LogP contribution in [-0.2, 0) is 19.3 Å². The first kappa shape index (κ1) is 13.4. The van der Waals surface area contributed by atoms with E-state index in [1.807, 2.05) is 36.0 Å². The Morgan fingerprint density at radius 1 is 1.39 bits per heavy atom. The second kappa shape index (κ2) is 6.25. The summed E-state index contributed by atoms with van der Waals surface area (Å²) in [4.78, 5) is 0. The zero-order chi connectivity index (χ0) is 13.0. The number of nitrogens with zero attached hydrogens (tertiary/aromatic N) is 2. The van der Waals surface area contributed by atoms with Crippen molar-refractivity contribution in [3.05, 3.63) is 46.2 Å². The summed E-state index contributed by atoms with van der Waals surface area (Å²) in [5, 5.41) is 4.12. The fourth-order valence-electron chi connectivity index (χ4n) is 1.66. The summed E-state index contributed by atoms with van der Waals surface area (Å²) in [6.45, 7) is 0.623. The third kappa shape index (κ3) is 3.27. The fraction of sp³-hybridized carbons (Fsp3) is 0.308. The van der Waals surface area contributed by atoms with Gasteiger partial charge in [-0.3, -0.25) is 4.68 Å². The predicted octanol–water partition coefficient (Wildman–Crippen LogP) is 3.54. The van der Waals surface area contributed by atoms with Crippen molar-refractivity contribution in [2.24, 2.45) is 7.05 Å². The van der Waals surface area contributed by atoms with Crippen LogP contribution in [0.25, 0.3) is 0 Å². The Balaban J connectivity index is 1.92. The van der Waals surface area contributed by atoms with Crippen molar-refractivity contribution < 1.29 is 4.74 Å². The van der Waals surface area contributed by atoms with Gasteiger partial charge in [-0.1, -0.05) is 6.07 Å². The number of alkyl halides is 1. The topological polar surface area (TPSA) is 27.1 Å². The van der Waals surface area contributed by atoms with Crippen LogP contribution >= 0.6 is 27.5 Å². The molecule has 96 valence electrons. The average Bonchev–Trinajstić information content (AvgIpc) is 2.77. The first-order chi connectivity index (χ1) is 8.70. The van der Waals surface area contributed by atoms with Gasteiger partial charge in [0.15, 0.2) is 0 Å². The summed E-state index contributed by atoms with van der Waals surface area (Å²) in [5.41, 5.74) is 2.23. The van der Waals surface area contributed by atoms with Crippen LogP contribution in [-0.4, -0.2) is 16.4 Å². The zero-order valence-corrected chi connectivity index (χ0v) is 12.4. The van der Waals surface area contributed by atoms with Crippen molar-refractivity contribution in [2.75, 3.05) is 6.61 Å². The first-order valence-corrected chi connectivity index (χ1v) is 6.97. The van der Waals surface area contributed by atoms with E-state index in [1.165, 1.54) is 0 Å². The average molecular weight is 330 g/mol. The molecule has 0 atom stereocenters. The Labute approximate surface area is 120 Å². The van der Waals surface area contributed by atoms with E-state index in [-0.39, 0.29) is 0 Å². The number of rotatable bonds is 5. The quantitative estimate of drug-likeness (QED) is 0.785. The van der Waals surface area contributed by atoms with Crippen LogP contribution in [0, 0.1) is 0 Å². The van der Waals surface area contributed by atoms with Gasteiger partial charge in [-0.25, -0.2) is 0 Å². The molecule has 2 aromatic rings. The molecule has 0 saturated carbocycles. The molecule has 0 fully saturated rings. The lowest BCUT2D eigenvalue weighted by Gasteiger charge is -2.09. The van der Waals surface area contributed by atoms with Gasteiger partial charge >= 0.3 is 0 Å². The van der Waals surface area contributed by atoms with E-state index in [0.29, 0.717) is 12.5 Å². The molecule has 0 aliphatic rings. The second-order valence-corrected chi connectivity index (χ2v) is 5.06. The Morgan fingerprint density at radius 2 is 2.22 bits per heavy atom. The highest BCUT2D eigenvalue weighted by Crippen LogP contribution is 2.26. The highest BCUT2D eigenvalue weighted by Gasteiger charge is 2.04. The molecule has 0 aliphatic carbocycles. The molecular weight excluding hydrogens is 316 g/mol. The van der Waals surface area contributed by atoms with Crippen molar-refractivity contribution in [2.45, 2.75) is 12.3 Å². The summed E-state index contributed by atoms with van der Waals surface area (Å²) in [6, 6.07) is 7.88. The summed E-state index contributed by atoms with van der Waals surface area (Å²) < 4.78 is 8.53. The molecule has 0 bridgehead atoms. The third-order valence-electron chi connectivity index (χ3n) is 2.69. The summed E-state index contributed by atoms with van der Waals surface area (Å²) >= 11 is 9.25. The summed E-state index contributed by atoms with van der Waals surface area (Å²) in [6.07, 6.45) is 2.63. The van der Waals surface area contributed by atoms with Crippen LogP contribution in [0.4, 0.5) is 0 Å². The molecule has 1 heterocycles. The lowest BCUT2D eigenvalue weighted by atomic mass is 10.2. The van der Waals surface area contributed by atoms with Crippen molar-refractivity contribution in [3.63, 3.8) is 0 Å².